The van der Waals surface area contributed by atoms with Gasteiger partial charge in [-0.2, -0.15) is 0 Å². The third kappa shape index (κ3) is 7.00. The van der Waals surface area contributed by atoms with Crippen molar-refractivity contribution in [2.75, 3.05) is 13.2 Å². The number of amides is 1. The molecule has 0 saturated carbocycles. The molecule has 1 aromatic rings. The number of benzene rings is 1. The molecule has 1 N–H and O–H groups in total. The van der Waals surface area contributed by atoms with E-state index in [4.69, 9.17) is 9.47 Å². The van der Waals surface area contributed by atoms with E-state index in [0.717, 1.165) is 19.3 Å². The number of nitrogens with one attached hydrogen (secondary N) is 1. The number of rotatable bonds is 9. The van der Waals surface area contributed by atoms with Crippen LogP contribution in [0.2, 0.25) is 0 Å². The van der Waals surface area contributed by atoms with Crippen LogP contribution in [0.25, 0.3) is 0 Å². The van der Waals surface area contributed by atoms with Crippen LogP contribution < -0.4 is 10.1 Å². The first-order valence-electron chi connectivity index (χ1n) is 8.00. The molecule has 0 radical (unpaired) electrons. The predicted molar refractivity (Wildman–Crippen MR) is 87.1 cm³/mol. The maximum Gasteiger partial charge on any atom is 0.407 e. The average molecular weight is 317 g/mol. The molecule has 0 aromatic heterocycles. The lowest BCUT2D eigenvalue weighted by Gasteiger charge is -2.07. The minimum atomic E-state index is -0.374. The molecular weight excluding hydrogens is 294 g/mol. The van der Waals surface area contributed by atoms with E-state index in [9.17, 15) is 9.59 Å². The van der Waals surface area contributed by atoms with Gasteiger partial charge in [0, 0.05) is 18.9 Å². The molecule has 1 aliphatic carbocycles. The third-order valence-corrected chi connectivity index (χ3v) is 3.64. The zero-order valence-corrected chi connectivity index (χ0v) is 13.4. The molecule has 23 heavy (non-hydrogen) atoms. The van der Waals surface area contributed by atoms with Gasteiger partial charge in [0.25, 0.3) is 0 Å². The van der Waals surface area contributed by atoms with Crippen LogP contribution in [0.3, 0.4) is 0 Å². The minimum absolute atomic E-state index is 0.226. The monoisotopic (exact) mass is 317 g/mol. The first-order valence-corrected chi connectivity index (χ1v) is 8.00. The predicted octanol–water partition coefficient (Wildman–Crippen LogP) is 3.45. The van der Waals surface area contributed by atoms with Crippen LogP contribution in [-0.4, -0.2) is 25.2 Å². The van der Waals surface area contributed by atoms with Crippen molar-refractivity contribution in [2.45, 2.75) is 32.6 Å². The number of hydrogen-bond donors (Lipinski definition) is 1. The molecule has 1 unspecified atom stereocenters. The van der Waals surface area contributed by atoms with Gasteiger partial charge >= 0.3 is 12.1 Å². The number of carbonyl (C=O) groups excluding carboxylic acids is 2. The van der Waals surface area contributed by atoms with E-state index >= 15 is 0 Å². The fourth-order valence-corrected chi connectivity index (χ4v) is 2.10. The van der Waals surface area contributed by atoms with E-state index in [1.54, 1.807) is 12.1 Å². The van der Waals surface area contributed by atoms with Crippen molar-refractivity contribution in [3.8, 4) is 5.75 Å². The summed E-state index contributed by atoms with van der Waals surface area (Å²) in [6.45, 7) is 3.02. The van der Waals surface area contributed by atoms with Crippen molar-refractivity contribution >= 4 is 12.1 Å². The fraction of sp³-hybridized carbons (Fsp3) is 0.444. The van der Waals surface area contributed by atoms with Gasteiger partial charge in [0.2, 0.25) is 0 Å². The Morgan fingerprint density at radius 1 is 1.13 bits per heavy atom. The average Bonchev–Trinajstić information content (AvgIpc) is 3.25. The Morgan fingerprint density at radius 2 is 1.87 bits per heavy atom. The summed E-state index contributed by atoms with van der Waals surface area (Å²) in [5.41, 5.74) is 1.28. The van der Waals surface area contributed by atoms with Gasteiger partial charge < -0.3 is 14.8 Å². The van der Waals surface area contributed by atoms with Crippen molar-refractivity contribution in [3.05, 3.63) is 42.0 Å². The van der Waals surface area contributed by atoms with Crippen molar-refractivity contribution < 1.29 is 19.1 Å². The van der Waals surface area contributed by atoms with Crippen LogP contribution in [0, 0.1) is 5.92 Å². The highest BCUT2D eigenvalue weighted by Crippen LogP contribution is 2.27. The van der Waals surface area contributed by atoms with Gasteiger partial charge in [-0.3, -0.25) is 4.79 Å². The molecule has 124 valence electrons. The summed E-state index contributed by atoms with van der Waals surface area (Å²) in [6, 6.07) is 9.04. The Bertz CT molecular complexity index is 553. The summed E-state index contributed by atoms with van der Waals surface area (Å²) in [5, 5.41) is 2.71. The van der Waals surface area contributed by atoms with E-state index in [0.29, 0.717) is 31.2 Å². The smallest absolute Gasteiger partial charge is 0.407 e. The number of alkyl carbamates (subject to hydrolysis) is 1. The first-order chi connectivity index (χ1) is 11.1. The van der Waals surface area contributed by atoms with Gasteiger partial charge in [0.1, 0.15) is 12.4 Å². The van der Waals surface area contributed by atoms with Crippen LogP contribution in [-0.2, 0) is 9.53 Å². The normalized spacial score (nSPS) is 15.5. The summed E-state index contributed by atoms with van der Waals surface area (Å²) in [4.78, 5) is 23.0. The van der Waals surface area contributed by atoms with E-state index in [2.05, 4.69) is 11.4 Å². The quantitative estimate of drug-likeness (QED) is 0.328. The molecule has 5 heteroatoms. The van der Waals surface area contributed by atoms with Crippen LogP contribution in [0.15, 0.2) is 42.0 Å². The standard InChI is InChI=1S/C18H23NO4/c1-14-12-15(14)13-22-18(21)19-11-7-3-6-10-17(20)23-16-8-4-2-5-9-16/h2,4-5,8-9,12,15H,3,6-7,10-11,13H2,1H3,(H,19,21). The number of hydrogen-bond acceptors (Lipinski definition) is 4. The molecule has 2 rings (SSSR count). The molecule has 1 atom stereocenters. The fourth-order valence-electron chi connectivity index (χ4n) is 2.10. The molecule has 1 amide bonds. The second-order valence-electron chi connectivity index (χ2n) is 5.64. The number of esters is 1. The number of unbranched alkanes of at least 4 members (excludes halogenated alkanes) is 2. The number of para-hydroxylation sites is 1. The highest BCUT2D eigenvalue weighted by molar-refractivity contribution is 5.72. The Kier molecular flexibility index (Phi) is 6.66. The van der Waals surface area contributed by atoms with E-state index in [-0.39, 0.29) is 12.1 Å². The molecule has 0 fully saturated rings. The van der Waals surface area contributed by atoms with Crippen molar-refractivity contribution in [1.82, 2.24) is 5.32 Å². The first kappa shape index (κ1) is 17.1. The third-order valence-electron chi connectivity index (χ3n) is 3.64. The second-order valence-corrected chi connectivity index (χ2v) is 5.64. The maximum absolute atomic E-state index is 11.6. The highest BCUT2D eigenvalue weighted by Gasteiger charge is 2.21. The van der Waals surface area contributed by atoms with Gasteiger partial charge in [-0.15, -0.1) is 0 Å². The molecule has 0 heterocycles. The van der Waals surface area contributed by atoms with Crippen LogP contribution >= 0.6 is 0 Å². The Labute approximate surface area is 136 Å². The SMILES string of the molecule is CC1=CC1COC(=O)NCCCCCC(=O)Oc1ccccc1. The molecule has 1 aliphatic rings. The van der Waals surface area contributed by atoms with Crippen molar-refractivity contribution in [2.24, 2.45) is 5.92 Å². The number of carbonyl (C=O) groups is 2. The van der Waals surface area contributed by atoms with Gasteiger partial charge in [-0.05, 0) is 31.9 Å². The topological polar surface area (TPSA) is 64.6 Å². The summed E-state index contributed by atoms with van der Waals surface area (Å²) in [5.74, 6) is 0.689. The Balaban J connectivity index is 1.43. The Hall–Kier alpha value is -2.30. The van der Waals surface area contributed by atoms with E-state index in [1.807, 2.05) is 25.1 Å². The Morgan fingerprint density at radius 3 is 2.57 bits per heavy atom. The molecule has 5 nitrogen and oxygen atoms in total. The van der Waals surface area contributed by atoms with Crippen molar-refractivity contribution in [1.29, 1.82) is 0 Å². The lowest BCUT2D eigenvalue weighted by Crippen LogP contribution is -2.26. The van der Waals surface area contributed by atoms with Crippen molar-refractivity contribution in [3.63, 3.8) is 0 Å². The summed E-state index contributed by atoms with van der Waals surface area (Å²) < 4.78 is 10.3. The van der Waals surface area contributed by atoms with Crippen LogP contribution in [0.1, 0.15) is 32.6 Å². The lowest BCUT2D eigenvalue weighted by molar-refractivity contribution is -0.134. The maximum atomic E-state index is 11.6. The van der Waals surface area contributed by atoms with Gasteiger partial charge in [0.15, 0.2) is 0 Å². The largest absolute Gasteiger partial charge is 0.449 e. The number of ether oxygens (including phenoxy) is 2. The lowest BCUT2D eigenvalue weighted by atomic mass is 10.2. The molecule has 0 saturated heterocycles. The molecule has 0 bridgehead atoms. The zero-order chi connectivity index (χ0) is 16.5. The molecule has 0 spiro atoms. The summed E-state index contributed by atoms with van der Waals surface area (Å²) in [7, 11) is 0. The highest BCUT2D eigenvalue weighted by atomic mass is 16.5. The summed E-state index contributed by atoms with van der Waals surface area (Å²) in [6.07, 6.45) is 4.49. The van der Waals surface area contributed by atoms with Crippen LogP contribution in [0.4, 0.5) is 4.79 Å². The minimum Gasteiger partial charge on any atom is -0.449 e. The van der Waals surface area contributed by atoms with E-state index < -0.39 is 0 Å². The summed E-state index contributed by atoms with van der Waals surface area (Å²) >= 11 is 0. The zero-order valence-electron chi connectivity index (χ0n) is 13.4. The van der Waals surface area contributed by atoms with E-state index in [1.165, 1.54) is 5.57 Å². The molecule has 0 aliphatic heterocycles. The second kappa shape index (κ2) is 8.98. The van der Waals surface area contributed by atoms with Crippen LogP contribution in [0.5, 0.6) is 5.75 Å². The van der Waals surface area contributed by atoms with Gasteiger partial charge in [-0.1, -0.05) is 36.3 Å². The molecule has 1 aromatic carbocycles. The van der Waals surface area contributed by atoms with Gasteiger partial charge in [-0.25, -0.2) is 4.79 Å². The molecular formula is C18H23NO4. The van der Waals surface area contributed by atoms with Gasteiger partial charge in [0.05, 0.1) is 0 Å².